The van der Waals surface area contributed by atoms with Gasteiger partial charge in [-0.05, 0) is 32.4 Å². The van der Waals surface area contributed by atoms with Gasteiger partial charge in [0.25, 0.3) is 0 Å². The highest BCUT2D eigenvalue weighted by Gasteiger charge is 2.13. The third-order valence-corrected chi connectivity index (χ3v) is 5.60. The van der Waals surface area contributed by atoms with Gasteiger partial charge in [0.05, 0.1) is 12.8 Å². The molecule has 0 aromatic carbocycles. The molecular formula is C15H28N4O2S2. The van der Waals surface area contributed by atoms with E-state index in [2.05, 4.69) is 34.7 Å². The van der Waals surface area contributed by atoms with Crippen LogP contribution in [0.2, 0.25) is 0 Å². The van der Waals surface area contributed by atoms with Crippen molar-refractivity contribution in [2.45, 2.75) is 33.7 Å². The molecule has 8 heteroatoms. The van der Waals surface area contributed by atoms with Crippen LogP contribution in [0.5, 0.6) is 0 Å². The second kappa shape index (κ2) is 9.89. The van der Waals surface area contributed by atoms with Crippen molar-refractivity contribution >= 4 is 27.3 Å². The Hall–Kier alpha value is -1.12. The van der Waals surface area contributed by atoms with E-state index in [4.69, 9.17) is 0 Å². The maximum atomic E-state index is 11.5. The highest BCUT2D eigenvalue weighted by Crippen LogP contribution is 2.15. The molecule has 1 rings (SSSR count). The van der Waals surface area contributed by atoms with Gasteiger partial charge in [-0.3, -0.25) is 0 Å². The summed E-state index contributed by atoms with van der Waals surface area (Å²) in [6.45, 7) is 9.11. The maximum absolute atomic E-state index is 11.5. The summed E-state index contributed by atoms with van der Waals surface area (Å²) in [5, 5.41) is 6.45. The Labute approximate surface area is 144 Å². The van der Waals surface area contributed by atoms with Gasteiger partial charge in [0, 0.05) is 35.9 Å². The molecule has 0 atom stereocenters. The predicted octanol–water partition coefficient (Wildman–Crippen LogP) is 1.78. The van der Waals surface area contributed by atoms with Crippen molar-refractivity contribution in [2.75, 3.05) is 32.4 Å². The monoisotopic (exact) mass is 360 g/mol. The molecule has 0 amide bonds. The molecule has 1 aromatic rings. The van der Waals surface area contributed by atoms with Crippen LogP contribution in [0, 0.1) is 6.92 Å². The summed E-state index contributed by atoms with van der Waals surface area (Å²) in [5.41, 5.74) is 0. The standard InChI is InChI=1S/C15H28N4O2S2/c1-5-16-15(18-12-14-9-8-13(3)22-14)17-10-7-11-19(6-2)23(4,20)21/h8-9H,5-7,10-12H2,1-4H3,(H2,16,17,18). The van der Waals surface area contributed by atoms with Crippen molar-refractivity contribution in [1.29, 1.82) is 0 Å². The largest absolute Gasteiger partial charge is 0.357 e. The number of sulfonamides is 1. The van der Waals surface area contributed by atoms with Gasteiger partial charge in [-0.1, -0.05) is 6.92 Å². The number of hydrogen-bond acceptors (Lipinski definition) is 4. The Morgan fingerprint density at radius 2 is 2.04 bits per heavy atom. The quantitative estimate of drug-likeness (QED) is 0.400. The van der Waals surface area contributed by atoms with Crippen molar-refractivity contribution in [3.05, 3.63) is 21.9 Å². The molecule has 0 bridgehead atoms. The number of thiophene rings is 1. The lowest BCUT2D eigenvalue weighted by molar-refractivity contribution is 0.424. The first kappa shape index (κ1) is 19.9. The highest BCUT2D eigenvalue weighted by atomic mass is 32.2. The molecule has 2 N–H and O–H groups in total. The van der Waals surface area contributed by atoms with E-state index in [-0.39, 0.29) is 0 Å². The highest BCUT2D eigenvalue weighted by molar-refractivity contribution is 7.88. The smallest absolute Gasteiger partial charge is 0.211 e. The third kappa shape index (κ3) is 7.81. The predicted molar refractivity (Wildman–Crippen MR) is 98.6 cm³/mol. The molecule has 0 radical (unpaired) electrons. The SMILES string of the molecule is CCNC(=NCc1ccc(C)s1)NCCCN(CC)S(C)(=O)=O. The molecule has 0 aliphatic rings. The van der Waals surface area contributed by atoms with Crippen LogP contribution in [-0.2, 0) is 16.6 Å². The normalized spacial score (nSPS) is 12.7. The van der Waals surface area contributed by atoms with Crippen molar-refractivity contribution in [2.24, 2.45) is 4.99 Å². The van der Waals surface area contributed by atoms with E-state index in [1.54, 1.807) is 11.3 Å². The Morgan fingerprint density at radius 3 is 2.57 bits per heavy atom. The number of aliphatic imine (C=N–C) groups is 1. The summed E-state index contributed by atoms with van der Waals surface area (Å²) < 4.78 is 24.5. The molecule has 1 heterocycles. The Morgan fingerprint density at radius 1 is 1.30 bits per heavy atom. The Balaban J connectivity index is 2.44. The lowest BCUT2D eigenvalue weighted by Gasteiger charge is -2.18. The van der Waals surface area contributed by atoms with Crippen LogP contribution >= 0.6 is 11.3 Å². The second-order valence-corrected chi connectivity index (χ2v) is 8.60. The molecule has 6 nitrogen and oxygen atoms in total. The average Bonchev–Trinajstić information content (AvgIpc) is 2.88. The topological polar surface area (TPSA) is 73.8 Å². The van der Waals surface area contributed by atoms with E-state index in [1.165, 1.54) is 20.3 Å². The van der Waals surface area contributed by atoms with Gasteiger partial charge < -0.3 is 10.6 Å². The van der Waals surface area contributed by atoms with Crippen LogP contribution in [0.4, 0.5) is 0 Å². The number of guanidine groups is 1. The lowest BCUT2D eigenvalue weighted by atomic mass is 10.4. The fourth-order valence-electron chi connectivity index (χ4n) is 2.09. The van der Waals surface area contributed by atoms with Gasteiger partial charge >= 0.3 is 0 Å². The first-order valence-electron chi connectivity index (χ1n) is 7.89. The van der Waals surface area contributed by atoms with Crippen molar-refractivity contribution in [1.82, 2.24) is 14.9 Å². The van der Waals surface area contributed by atoms with Gasteiger partial charge in [0.15, 0.2) is 5.96 Å². The van der Waals surface area contributed by atoms with Crippen LogP contribution in [-0.4, -0.2) is 51.1 Å². The summed E-state index contributed by atoms with van der Waals surface area (Å²) in [6, 6.07) is 4.19. The van der Waals surface area contributed by atoms with Crippen LogP contribution in [0.3, 0.4) is 0 Å². The molecule has 23 heavy (non-hydrogen) atoms. The van der Waals surface area contributed by atoms with Crippen LogP contribution in [0.1, 0.15) is 30.0 Å². The number of nitrogens with one attached hydrogen (secondary N) is 2. The molecule has 0 spiro atoms. The van der Waals surface area contributed by atoms with Gasteiger partial charge in [-0.2, -0.15) is 0 Å². The van der Waals surface area contributed by atoms with Gasteiger partial charge in [0.2, 0.25) is 10.0 Å². The fourth-order valence-corrected chi connectivity index (χ4v) is 3.83. The maximum Gasteiger partial charge on any atom is 0.211 e. The molecule has 0 aliphatic carbocycles. The van der Waals surface area contributed by atoms with Gasteiger partial charge in [0.1, 0.15) is 0 Å². The second-order valence-electron chi connectivity index (χ2n) is 5.24. The number of nitrogens with zero attached hydrogens (tertiary/aromatic N) is 2. The first-order valence-corrected chi connectivity index (χ1v) is 10.6. The van der Waals surface area contributed by atoms with Crippen LogP contribution in [0.25, 0.3) is 0 Å². The fraction of sp³-hybridized carbons (Fsp3) is 0.667. The Bertz CT molecular complexity index is 596. The van der Waals surface area contributed by atoms with E-state index in [9.17, 15) is 8.42 Å². The van der Waals surface area contributed by atoms with Gasteiger partial charge in [-0.15, -0.1) is 11.3 Å². The minimum absolute atomic E-state index is 0.505. The molecule has 132 valence electrons. The van der Waals surface area contributed by atoms with Crippen molar-refractivity contribution in [3.8, 4) is 0 Å². The number of hydrogen-bond donors (Lipinski definition) is 2. The Kier molecular flexibility index (Phi) is 8.57. The molecule has 0 saturated carbocycles. The zero-order chi connectivity index (χ0) is 17.3. The number of aryl methyl sites for hydroxylation is 1. The van der Waals surface area contributed by atoms with Crippen LogP contribution in [0.15, 0.2) is 17.1 Å². The summed E-state index contributed by atoms with van der Waals surface area (Å²) >= 11 is 1.75. The van der Waals surface area contributed by atoms with Crippen molar-refractivity contribution < 1.29 is 8.42 Å². The minimum Gasteiger partial charge on any atom is -0.357 e. The molecule has 0 aliphatic heterocycles. The molecular weight excluding hydrogens is 332 g/mol. The summed E-state index contributed by atoms with van der Waals surface area (Å²) in [6.07, 6.45) is 1.99. The van der Waals surface area contributed by atoms with E-state index in [0.29, 0.717) is 26.2 Å². The zero-order valence-corrected chi connectivity index (χ0v) is 16.1. The molecule has 0 unspecified atom stereocenters. The zero-order valence-electron chi connectivity index (χ0n) is 14.4. The summed E-state index contributed by atoms with van der Waals surface area (Å²) in [7, 11) is -3.11. The van der Waals surface area contributed by atoms with E-state index < -0.39 is 10.0 Å². The average molecular weight is 361 g/mol. The third-order valence-electron chi connectivity index (χ3n) is 3.23. The first-order chi connectivity index (χ1) is 10.9. The summed E-state index contributed by atoms with van der Waals surface area (Å²) in [4.78, 5) is 7.07. The minimum atomic E-state index is -3.11. The van der Waals surface area contributed by atoms with Crippen LogP contribution < -0.4 is 10.6 Å². The number of rotatable bonds is 9. The van der Waals surface area contributed by atoms with E-state index in [0.717, 1.165) is 18.9 Å². The summed E-state index contributed by atoms with van der Waals surface area (Å²) in [5.74, 6) is 0.765. The lowest BCUT2D eigenvalue weighted by Crippen LogP contribution is -2.39. The molecule has 0 fully saturated rings. The molecule has 0 saturated heterocycles. The van der Waals surface area contributed by atoms with E-state index in [1.807, 2.05) is 13.8 Å². The van der Waals surface area contributed by atoms with E-state index >= 15 is 0 Å². The van der Waals surface area contributed by atoms with Gasteiger partial charge in [-0.25, -0.2) is 17.7 Å². The van der Waals surface area contributed by atoms with Crippen molar-refractivity contribution in [3.63, 3.8) is 0 Å². The molecule has 1 aromatic heterocycles.